The molecule has 2 nitrogen and oxygen atoms in total. The van der Waals surface area contributed by atoms with Crippen molar-refractivity contribution in [3.05, 3.63) is 90.0 Å². The molecule has 0 atom stereocenters. The third-order valence-corrected chi connectivity index (χ3v) is 4.62. The molecular weight excluding hydrogens is 294 g/mol. The molecule has 0 spiro atoms. The zero-order valence-corrected chi connectivity index (χ0v) is 12.9. The van der Waals surface area contributed by atoms with Crippen molar-refractivity contribution in [1.29, 1.82) is 0 Å². The number of fused-ring (bicyclic) bond motifs is 4. The molecule has 0 radical (unpaired) electrons. The van der Waals surface area contributed by atoms with E-state index < -0.39 is 0 Å². The van der Waals surface area contributed by atoms with Crippen LogP contribution in [0.4, 0.5) is 0 Å². The fourth-order valence-electron chi connectivity index (χ4n) is 3.51. The topological polar surface area (TPSA) is 30.0 Å². The van der Waals surface area contributed by atoms with E-state index in [9.17, 15) is 4.79 Å². The van der Waals surface area contributed by atoms with Gasteiger partial charge in [0.15, 0.2) is 5.78 Å². The molecule has 0 aliphatic heterocycles. The van der Waals surface area contributed by atoms with Crippen molar-refractivity contribution in [2.45, 2.75) is 0 Å². The zero-order chi connectivity index (χ0) is 16.1. The van der Waals surface area contributed by atoms with Crippen LogP contribution in [0.1, 0.15) is 15.9 Å². The highest BCUT2D eigenvalue weighted by atomic mass is 16.1. The van der Waals surface area contributed by atoms with Crippen molar-refractivity contribution < 1.29 is 4.79 Å². The number of aromatic nitrogens is 1. The molecule has 0 fully saturated rings. The van der Waals surface area contributed by atoms with E-state index in [1.54, 1.807) is 0 Å². The predicted molar refractivity (Wildman–Crippen MR) is 96.0 cm³/mol. The van der Waals surface area contributed by atoms with Gasteiger partial charge in [-0.05, 0) is 17.7 Å². The fourth-order valence-corrected chi connectivity index (χ4v) is 3.51. The Morgan fingerprint density at radius 2 is 1.29 bits per heavy atom. The second-order valence-corrected chi connectivity index (χ2v) is 5.99. The van der Waals surface area contributed by atoms with Gasteiger partial charge in [-0.15, -0.1) is 0 Å². The molecule has 0 bridgehead atoms. The first-order chi connectivity index (χ1) is 11.8. The van der Waals surface area contributed by atoms with Crippen molar-refractivity contribution in [3.63, 3.8) is 0 Å². The average molecular weight is 307 g/mol. The van der Waals surface area contributed by atoms with Crippen LogP contribution in [0.3, 0.4) is 0 Å². The van der Waals surface area contributed by atoms with Gasteiger partial charge in [-0.25, -0.2) is 4.98 Å². The summed E-state index contributed by atoms with van der Waals surface area (Å²) in [6, 6.07) is 25.9. The molecule has 24 heavy (non-hydrogen) atoms. The van der Waals surface area contributed by atoms with Crippen LogP contribution in [0.2, 0.25) is 0 Å². The minimum Gasteiger partial charge on any atom is -0.289 e. The van der Waals surface area contributed by atoms with Gasteiger partial charge in [0.2, 0.25) is 0 Å². The number of carbonyl (C=O) groups is 1. The van der Waals surface area contributed by atoms with Crippen molar-refractivity contribution >= 4 is 16.7 Å². The third-order valence-electron chi connectivity index (χ3n) is 4.62. The van der Waals surface area contributed by atoms with E-state index in [1.807, 2.05) is 66.7 Å². The Bertz CT molecular complexity index is 1130. The van der Waals surface area contributed by atoms with Crippen molar-refractivity contribution in [2.24, 2.45) is 0 Å². The Morgan fingerprint density at radius 1 is 0.583 bits per heavy atom. The highest BCUT2D eigenvalue weighted by Gasteiger charge is 2.28. The first kappa shape index (κ1) is 13.2. The quantitative estimate of drug-likeness (QED) is 0.430. The summed E-state index contributed by atoms with van der Waals surface area (Å²) in [5, 5.41) is 1.12. The van der Waals surface area contributed by atoms with Crippen LogP contribution in [-0.2, 0) is 0 Å². The second-order valence-electron chi connectivity index (χ2n) is 5.99. The van der Waals surface area contributed by atoms with Crippen LogP contribution in [0.15, 0.2) is 78.9 Å². The van der Waals surface area contributed by atoms with Crippen LogP contribution in [0, 0.1) is 0 Å². The lowest BCUT2D eigenvalue weighted by Gasteiger charge is -2.09. The molecule has 3 aromatic carbocycles. The maximum absolute atomic E-state index is 12.7. The molecule has 0 saturated heterocycles. The Morgan fingerprint density at radius 3 is 2.21 bits per heavy atom. The molecule has 0 N–H and O–H groups in total. The van der Waals surface area contributed by atoms with Gasteiger partial charge in [0.05, 0.1) is 11.2 Å². The van der Waals surface area contributed by atoms with E-state index in [-0.39, 0.29) is 5.78 Å². The molecule has 1 aliphatic rings. The van der Waals surface area contributed by atoms with Crippen LogP contribution in [-0.4, -0.2) is 10.8 Å². The molecule has 1 heterocycles. The van der Waals surface area contributed by atoms with Gasteiger partial charge in [0, 0.05) is 27.6 Å². The summed E-state index contributed by atoms with van der Waals surface area (Å²) in [5.74, 6) is 0.100. The van der Waals surface area contributed by atoms with Crippen molar-refractivity contribution in [3.8, 4) is 22.4 Å². The zero-order valence-electron chi connectivity index (χ0n) is 12.9. The Labute approximate surface area is 139 Å². The first-order valence-corrected chi connectivity index (χ1v) is 7.96. The molecule has 4 aromatic rings. The normalized spacial score (nSPS) is 12.2. The summed E-state index contributed by atoms with van der Waals surface area (Å²) in [4.78, 5) is 17.5. The van der Waals surface area contributed by atoms with Gasteiger partial charge in [-0.3, -0.25) is 4.79 Å². The predicted octanol–water partition coefficient (Wildman–Crippen LogP) is 5.11. The number of benzene rings is 3. The van der Waals surface area contributed by atoms with Crippen LogP contribution in [0.5, 0.6) is 0 Å². The van der Waals surface area contributed by atoms with Crippen LogP contribution >= 0.6 is 0 Å². The molecule has 1 aliphatic carbocycles. The number of rotatable bonds is 1. The van der Waals surface area contributed by atoms with E-state index in [2.05, 4.69) is 12.1 Å². The SMILES string of the molecule is O=C1c2ccccc2-c2c1cccc2-c1ccc2ccccc2n1. The first-order valence-electron chi connectivity index (χ1n) is 7.96. The van der Waals surface area contributed by atoms with Gasteiger partial charge < -0.3 is 0 Å². The lowest BCUT2D eigenvalue weighted by molar-refractivity contribution is 0.104. The largest absolute Gasteiger partial charge is 0.289 e. The van der Waals surface area contributed by atoms with Gasteiger partial charge >= 0.3 is 0 Å². The van der Waals surface area contributed by atoms with Crippen molar-refractivity contribution in [1.82, 2.24) is 4.98 Å². The number of pyridine rings is 1. The van der Waals surface area contributed by atoms with E-state index in [0.29, 0.717) is 0 Å². The summed E-state index contributed by atoms with van der Waals surface area (Å²) >= 11 is 0. The molecule has 1 aromatic heterocycles. The number of hydrogen-bond donors (Lipinski definition) is 0. The molecule has 5 rings (SSSR count). The minimum absolute atomic E-state index is 0.100. The molecule has 0 saturated carbocycles. The Balaban J connectivity index is 1.81. The van der Waals surface area contributed by atoms with Crippen LogP contribution < -0.4 is 0 Å². The van der Waals surface area contributed by atoms with Gasteiger partial charge in [-0.2, -0.15) is 0 Å². The van der Waals surface area contributed by atoms with E-state index in [1.165, 1.54) is 0 Å². The second kappa shape index (κ2) is 4.87. The fraction of sp³-hybridized carbons (Fsp3) is 0. The van der Waals surface area contributed by atoms with E-state index in [0.717, 1.165) is 44.4 Å². The standard InChI is InChI=1S/C22H13NO/c24-22-16-8-3-2-7-15(16)21-17(9-5-10-18(21)22)20-13-12-14-6-1-4-11-19(14)23-20/h1-13H. The molecule has 112 valence electrons. The summed E-state index contributed by atoms with van der Waals surface area (Å²) in [6.45, 7) is 0. The monoisotopic (exact) mass is 307 g/mol. The molecule has 0 unspecified atom stereocenters. The van der Waals surface area contributed by atoms with Gasteiger partial charge in [0.25, 0.3) is 0 Å². The van der Waals surface area contributed by atoms with Crippen LogP contribution in [0.25, 0.3) is 33.3 Å². The Kier molecular flexibility index (Phi) is 2.68. The third kappa shape index (κ3) is 1.77. The number of hydrogen-bond acceptors (Lipinski definition) is 2. The number of nitrogens with zero attached hydrogens (tertiary/aromatic N) is 1. The smallest absolute Gasteiger partial charge is 0.194 e. The summed E-state index contributed by atoms with van der Waals surface area (Å²) in [7, 11) is 0. The van der Waals surface area contributed by atoms with E-state index >= 15 is 0 Å². The summed E-state index contributed by atoms with van der Waals surface area (Å²) in [6.07, 6.45) is 0. The van der Waals surface area contributed by atoms with Crippen molar-refractivity contribution in [2.75, 3.05) is 0 Å². The molecule has 0 amide bonds. The molecular formula is C22H13NO. The summed E-state index contributed by atoms with van der Waals surface area (Å²) in [5.41, 5.74) is 6.42. The lowest BCUT2D eigenvalue weighted by Crippen LogP contribution is -1.95. The Hall–Kier alpha value is -3.26. The van der Waals surface area contributed by atoms with Gasteiger partial charge in [-0.1, -0.05) is 66.7 Å². The number of para-hydroxylation sites is 1. The van der Waals surface area contributed by atoms with Gasteiger partial charge in [0.1, 0.15) is 0 Å². The minimum atomic E-state index is 0.100. The average Bonchev–Trinajstić information content (AvgIpc) is 2.95. The number of carbonyl (C=O) groups excluding carboxylic acids is 1. The molecule has 2 heteroatoms. The maximum Gasteiger partial charge on any atom is 0.194 e. The number of ketones is 1. The van der Waals surface area contributed by atoms with E-state index in [4.69, 9.17) is 4.98 Å². The summed E-state index contributed by atoms with van der Waals surface area (Å²) < 4.78 is 0. The maximum atomic E-state index is 12.7. The lowest BCUT2D eigenvalue weighted by atomic mass is 9.96. The highest BCUT2D eigenvalue weighted by molar-refractivity contribution is 6.23. The highest BCUT2D eigenvalue weighted by Crippen LogP contribution is 2.42.